The molecule has 1 unspecified atom stereocenters. The maximum atomic E-state index is 12.1. The molecule has 1 aliphatic carbocycles. The van der Waals surface area contributed by atoms with E-state index in [-0.39, 0.29) is 5.91 Å². The van der Waals surface area contributed by atoms with Gasteiger partial charge in [-0.25, -0.2) is 0 Å². The third-order valence-electron chi connectivity index (χ3n) is 4.33. The molecule has 1 amide bonds. The predicted molar refractivity (Wildman–Crippen MR) is 73.2 cm³/mol. The molecule has 0 aromatic rings. The minimum atomic E-state index is -0.576. The molecule has 0 aromatic heterocycles. The fraction of sp³-hybridized carbons (Fsp3) is 0.929. The number of hydrogen-bond acceptors (Lipinski definition) is 3. The van der Waals surface area contributed by atoms with E-state index >= 15 is 0 Å². The van der Waals surface area contributed by atoms with Gasteiger partial charge in [0.15, 0.2) is 0 Å². The van der Waals surface area contributed by atoms with Crippen LogP contribution in [0.5, 0.6) is 0 Å². The first-order valence-corrected chi connectivity index (χ1v) is 7.40. The Morgan fingerprint density at radius 1 is 1.28 bits per heavy atom. The lowest BCUT2D eigenvalue weighted by atomic mass is 9.98. The number of rotatable bonds is 5. The Morgan fingerprint density at radius 3 is 2.50 bits per heavy atom. The number of nitrogens with two attached hydrogens (primary N) is 1. The summed E-state index contributed by atoms with van der Waals surface area (Å²) < 4.78 is 0. The molecule has 1 saturated heterocycles. The predicted octanol–water partition coefficient (Wildman–Crippen LogP) is 1.11. The molecular weight excluding hydrogens is 226 g/mol. The van der Waals surface area contributed by atoms with Gasteiger partial charge in [0.2, 0.25) is 5.91 Å². The SMILES string of the molecule is CC(CNC(=O)C1(N)CCCC1)CN1CCCC1. The molecule has 0 spiro atoms. The van der Waals surface area contributed by atoms with Crippen molar-refractivity contribution in [3.63, 3.8) is 0 Å². The lowest BCUT2D eigenvalue weighted by Gasteiger charge is -2.25. The van der Waals surface area contributed by atoms with Crippen LogP contribution < -0.4 is 11.1 Å². The molecule has 4 heteroatoms. The van der Waals surface area contributed by atoms with Crippen molar-refractivity contribution >= 4 is 5.91 Å². The second-order valence-electron chi connectivity index (χ2n) is 6.19. The highest BCUT2D eigenvalue weighted by Crippen LogP contribution is 2.27. The summed E-state index contributed by atoms with van der Waals surface area (Å²) in [7, 11) is 0. The van der Waals surface area contributed by atoms with Crippen molar-refractivity contribution in [1.29, 1.82) is 0 Å². The van der Waals surface area contributed by atoms with Gasteiger partial charge in [0.1, 0.15) is 0 Å². The van der Waals surface area contributed by atoms with Gasteiger partial charge in [-0.15, -0.1) is 0 Å². The zero-order valence-corrected chi connectivity index (χ0v) is 11.6. The number of carbonyl (C=O) groups excluding carboxylic acids is 1. The monoisotopic (exact) mass is 253 g/mol. The molecule has 18 heavy (non-hydrogen) atoms. The van der Waals surface area contributed by atoms with Crippen molar-refractivity contribution in [3.05, 3.63) is 0 Å². The zero-order chi connectivity index (χ0) is 13.0. The summed E-state index contributed by atoms with van der Waals surface area (Å²) in [6, 6.07) is 0. The summed E-state index contributed by atoms with van der Waals surface area (Å²) >= 11 is 0. The molecule has 1 saturated carbocycles. The summed E-state index contributed by atoms with van der Waals surface area (Å²) in [5.74, 6) is 0.574. The highest BCUT2D eigenvalue weighted by Gasteiger charge is 2.36. The number of nitrogens with one attached hydrogen (secondary N) is 1. The van der Waals surface area contributed by atoms with Crippen LogP contribution in [0.1, 0.15) is 45.4 Å². The topological polar surface area (TPSA) is 58.4 Å². The van der Waals surface area contributed by atoms with Crippen LogP contribution in [-0.4, -0.2) is 42.5 Å². The minimum absolute atomic E-state index is 0.0632. The second-order valence-corrected chi connectivity index (χ2v) is 6.19. The molecule has 2 fully saturated rings. The molecule has 1 atom stereocenters. The number of likely N-dealkylation sites (tertiary alicyclic amines) is 1. The van der Waals surface area contributed by atoms with E-state index in [1.807, 2.05) is 0 Å². The highest BCUT2D eigenvalue weighted by atomic mass is 16.2. The summed E-state index contributed by atoms with van der Waals surface area (Å²) in [5.41, 5.74) is 5.55. The lowest BCUT2D eigenvalue weighted by molar-refractivity contribution is -0.126. The van der Waals surface area contributed by atoms with Crippen LogP contribution in [-0.2, 0) is 4.79 Å². The molecule has 2 aliphatic rings. The van der Waals surface area contributed by atoms with Gasteiger partial charge >= 0.3 is 0 Å². The minimum Gasteiger partial charge on any atom is -0.354 e. The number of hydrogen-bond donors (Lipinski definition) is 2. The van der Waals surface area contributed by atoms with Gasteiger partial charge in [-0.2, -0.15) is 0 Å². The molecule has 0 aromatic carbocycles. The molecule has 0 radical (unpaired) electrons. The number of carbonyl (C=O) groups is 1. The Kier molecular flexibility index (Phi) is 4.62. The Labute approximate surface area is 110 Å². The summed E-state index contributed by atoms with van der Waals surface area (Å²) in [5, 5.41) is 3.05. The van der Waals surface area contributed by atoms with Crippen molar-refractivity contribution in [2.45, 2.75) is 51.0 Å². The molecular formula is C14H27N3O. The molecule has 4 nitrogen and oxygen atoms in total. The van der Waals surface area contributed by atoms with Crippen LogP contribution in [0.4, 0.5) is 0 Å². The van der Waals surface area contributed by atoms with E-state index in [1.54, 1.807) is 0 Å². The van der Waals surface area contributed by atoms with Crippen LogP contribution in [0.2, 0.25) is 0 Å². The van der Waals surface area contributed by atoms with Crippen molar-refractivity contribution in [2.75, 3.05) is 26.2 Å². The smallest absolute Gasteiger partial charge is 0.240 e. The quantitative estimate of drug-likeness (QED) is 0.771. The third kappa shape index (κ3) is 3.45. The van der Waals surface area contributed by atoms with Gasteiger partial charge in [-0.05, 0) is 44.7 Å². The summed E-state index contributed by atoms with van der Waals surface area (Å²) in [4.78, 5) is 14.5. The van der Waals surface area contributed by atoms with Gasteiger partial charge in [0, 0.05) is 13.1 Å². The average Bonchev–Trinajstić information content (AvgIpc) is 2.98. The second kappa shape index (κ2) is 6.02. The van der Waals surface area contributed by atoms with E-state index in [2.05, 4.69) is 17.1 Å². The standard InChI is InChI=1S/C14H27N3O/c1-12(11-17-8-4-5-9-17)10-16-13(18)14(15)6-2-3-7-14/h12H,2-11,15H2,1H3,(H,16,18). The molecule has 3 N–H and O–H groups in total. The lowest BCUT2D eigenvalue weighted by Crippen LogP contribution is -2.53. The van der Waals surface area contributed by atoms with E-state index < -0.39 is 5.54 Å². The van der Waals surface area contributed by atoms with Gasteiger partial charge in [-0.3, -0.25) is 4.79 Å². The maximum Gasteiger partial charge on any atom is 0.240 e. The fourth-order valence-electron chi connectivity index (χ4n) is 3.15. The van der Waals surface area contributed by atoms with Crippen LogP contribution in [0.15, 0.2) is 0 Å². The zero-order valence-electron chi connectivity index (χ0n) is 11.6. The first-order chi connectivity index (χ1) is 8.60. The van der Waals surface area contributed by atoms with Crippen LogP contribution in [0.3, 0.4) is 0 Å². The molecule has 1 aliphatic heterocycles. The van der Waals surface area contributed by atoms with Crippen molar-refractivity contribution < 1.29 is 4.79 Å². The van der Waals surface area contributed by atoms with Crippen LogP contribution >= 0.6 is 0 Å². The average molecular weight is 253 g/mol. The Hall–Kier alpha value is -0.610. The Morgan fingerprint density at radius 2 is 1.89 bits per heavy atom. The number of amides is 1. The van der Waals surface area contributed by atoms with E-state index in [4.69, 9.17) is 5.73 Å². The first-order valence-electron chi connectivity index (χ1n) is 7.40. The molecule has 0 bridgehead atoms. The molecule has 1 heterocycles. The highest BCUT2D eigenvalue weighted by molar-refractivity contribution is 5.86. The summed E-state index contributed by atoms with van der Waals surface area (Å²) in [6.45, 7) is 6.50. The first kappa shape index (κ1) is 13.8. The Balaban J connectivity index is 1.68. The Bertz CT molecular complexity index is 281. The van der Waals surface area contributed by atoms with E-state index in [1.165, 1.54) is 25.9 Å². The fourth-order valence-corrected chi connectivity index (χ4v) is 3.15. The third-order valence-corrected chi connectivity index (χ3v) is 4.33. The van der Waals surface area contributed by atoms with Crippen molar-refractivity contribution in [1.82, 2.24) is 10.2 Å². The maximum absolute atomic E-state index is 12.1. The van der Waals surface area contributed by atoms with Crippen molar-refractivity contribution in [2.24, 2.45) is 11.7 Å². The van der Waals surface area contributed by atoms with E-state index in [0.29, 0.717) is 5.92 Å². The number of nitrogens with zero attached hydrogens (tertiary/aromatic N) is 1. The summed E-state index contributed by atoms with van der Waals surface area (Å²) in [6.07, 6.45) is 6.52. The van der Waals surface area contributed by atoms with Crippen LogP contribution in [0, 0.1) is 5.92 Å². The van der Waals surface area contributed by atoms with Crippen molar-refractivity contribution in [3.8, 4) is 0 Å². The molecule has 104 valence electrons. The van der Waals surface area contributed by atoms with E-state index in [9.17, 15) is 4.79 Å². The van der Waals surface area contributed by atoms with Gasteiger partial charge in [0.05, 0.1) is 5.54 Å². The van der Waals surface area contributed by atoms with Gasteiger partial charge in [-0.1, -0.05) is 19.8 Å². The van der Waals surface area contributed by atoms with Gasteiger partial charge < -0.3 is 16.0 Å². The largest absolute Gasteiger partial charge is 0.354 e. The van der Waals surface area contributed by atoms with Gasteiger partial charge in [0.25, 0.3) is 0 Å². The van der Waals surface area contributed by atoms with E-state index in [0.717, 1.165) is 38.8 Å². The molecule has 2 rings (SSSR count). The normalized spacial score (nSPS) is 25.2. The van der Waals surface area contributed by atoms with Crippen LogP contribution in [0.25, 0.3) is 0 Å².